The van der Waals surface area contributed by atoms with Gasteiger partial charge in [-0.2, -0.15) is 0 Å². The quantitative estimate of drug-likeness (QED) is 0.775. The lowest BCUT2D eigenvalue weighted by atomic mass is 10.00. The van der Waals surface area contributed by atoms with Crippen LogP contribution < -0.4 is 15.5 Å². The molecule has 8 nitrogen and oxygen atoms in total. The van der Waals surface area contributed by atoms with Crippen LogP contribution in [0.1, 0.15) is 46.7 Å². The highest BCUT2D eigenvalue weighted by molar-refractivity contribution is 5.99. The molecule has 0 radical (unpaired) electrons. The van der Waals surface area contributed by atoms with E-state index >= 15 is 0 Å². The van der Waals surface area contributed by atoms with Crippen LogP contribution in [-0.4, -0.2) is 46.8 Å². The Kier molecular flexibility index (Phi) is 5.49. The third-order valence-corrected chi connectivity index (χ3v) is 5.93. The van der Waals surface area contributed by atoms with Gasteiger partial charge >= 0.3 is 0 Å². The molecule has 2 amide bonds. The molecule has 2 unspecified atom stereocenters. The van der Waals surface area contributed by atoms with E-state index in [4.69, 9.17) is 9.47 Å². The van der Waals surface area contributed by atoms with Crippen LogP contribution in [0.4, 0.5) is 8.78 Å². The first-order valence-electron chi connectivity index (χ1n) is 10.2. The van der Waals surface area contributed by atoms with Crippen molar-refractivity contribution >= 4 is 11.8 Å². The highest BCUT2D eigenvalue weighted by Gasteiger charge is 2.48. The van der Waals surface area contributed by atoms with E-state index in [0.29, 0.717) is 19.1 Å². The van der Waals surface area contributed by atoms with Crippen LogP contribution in [0.3, 0.4) is 0 Å². The van der Waals surface area contributed by atoms with E-state index < -0.39 is 34.6 Å². The molecule has 1 fully saturated rings. The number of hydrogen-bond donors (Lipinski definition) is 1. The minimum absolute atomic E-state index is 0.0495. The maximum Gasteiger partial charge on any atom is 0.277 e. The van der Waals surface area contributed by atoms with E-state index in [1.54, 1.807) is 11.8 Å². The van der Waals surface area contributed by atoms with Gasteiger partial charge in [-0.15, -0.1) is 0 Å². The first-order valence-corrected chi connectivity index (χ1v) is 10.2. The summed E-state index contributed by atoms with van der Waals surface area (Å²) in [4.78, 5) is 40.6. The molecule has 2 atom stereocenters. The summed E-state index contributed by atoms with van der Waals surface area (Å²) in [5, 5.41) is 2.46. The maximum absolute atomic E-state index is 13.9. The molecule has 2 aliphatic rings. The summed E-state index contributed by atoms with van der Waals surface area (Å²) < 4.78 is 39.6. The van der Waals surface area contributed by atoms with Crippen molar-refractivity contribution in [2.75, 3.05) is 13.7 Å². The number of aromatic nitrogens is 1. The second kappa shape index (κ2) is 8.01. The topological polar surface area (TPSA) is 89.9 Å². The lowest BCUT2D eigenvalue weighted by Gasteiger charge is -2.51. The summed E-state index contributed by atoms with van der Waals surface area (Å²) in [5.41, 5.74) is -1.84. The average molecular weight is 447 g/mol. The molecule has 10 heteroatoms. The van der Waals surface area contributed by atoms with Gasteiger partial charge in [0.25, 0.3) is 11.8 Å². The number of carbonyl (C=O) groups excluding carboxylic acids is 2. The van der Waals surface area contributed by atoms with Gasteiger partial charge in [0, 0.05) is 30.4 Å². The molecule has 170 valence electrons. The molecule has 0 bridgehead atoms. The van der Waals surface area contributed by atoms with Crippen molar-refractivity contribution in [2.24, 2.45) is 0 Å². The zero-order valence-electron chi connectivity index (χ0n) is 17.9. The van der Waals surface area contributed by atoms with Gasteiger partial charge < -0.3 is 24.3 Å². The Balaban J connectivity index is 1.70. The van der Waals surface area contributed by atoms with Gasteiger partial charge in [0.2, 0.25) is 5.43 Å². The molecule has 0 saturated carbocycles. The van der Waals surface area contributed by atoms with Crippen molar-refractivity contribution in [3.05, 3.63) is 63.1 Å². The largest absolute Gasteiger partial charge is 0.491 e. The number of methoxy groups -OCH3 is 1. The van der Waals surface area contributed by atoms with Gasteiger partial charge in [-0.3, -0.25) is 14.4 Å². The number of hydrogen-bond acceptors (Lipinski definition) is 5. The number of nitrogens with zero attached hydrogens (tertiary/aromatic N) is 2. The van der Waals surface area contributed by atoms with Gasteiger partial charge in [0.05, 0.1) is 20.3 Å². The third-order valence-electron chi connectivity index (χ3n) is 5.93. The fraction of sp³-hybridized carbons (Fsp3) is 0.409. The Bertz CT molecular complexity index is 1160. The standard InChI is InChI=1S/C22H23F2N3O5/c1-12-6-7-32-22(2)11-26-10-15(18(28)19(31-3)17(26)21(30)27(12)22)20(29)25-9-13-4-5-14(23)8-16(13)24/h4-5,8,10,12H,6-7,9,11H2,1-3H3,(H,25,29). The van der Waals surface area contributed by atoms with E-state index in [9.17, 15) is 23.2 Å². The number of benzene rings is 1. The first-order chi connectivity index (χ1) is 15.2. The smallest absolute Gasteiger partial charge is 0.277 e. The Morgan fingerprint density at radius 3 is 2.78 bits per heavy atom. The molecule has 1 N–H and O–H groups in total. The molecule has 1 aromatic heterocycles. The number of amides is 2. The normalized spacial score (nSPS) is 22.2. The van der Waals surface area contributed by atoms with Gasteiger partial charge in [-0.05, 0) is 26.3 Å². The first kappa shape index (κ1) is 21.9. The Morgan fingerprint density at radius 1 is 1.34 bits per heavy atom. The van der Waals surface area contributed by atoms with Crippen LogP contribution in [0.5, 0.6) is 5.75 Å². The predicted molar refractivity (Wildman–Crippen MR) is 109 cm³/mol. The zero-order chi connectivity index (χ0) is 23.2. The fourth-order valence-electron chi connectivity index (χ4n) is 4.35. The van der Waals surface area contributed by atoms with E-state index in [2.05, 4.69) is 5.32 Å². The van der Waals surface area contributed by atoms with E-state index in [-0.39, 0.29) is 41.7 Å². The van der Waals surface area contributed by atoms with Crippen LogP contribution in [0, 0.1) is 11.6 Å². The molecule has 4 rings (SSSR count). The van der Waals surface area contributed by atoms with Crippen molar-refractivity contribution in [3.63, 3.8) is 0 Å². The fourth-order valence-corrected chi connectivity index (χ4v) is 4.35. The zero-order valence-corrected chi connectivity index (χ0v) is 17.9. The number of pyridine rings is 1. The van der Waals surface area contributed by atoms with Gasteiger partial charge in [0.1, 0.15) is 17.2 Å². The van der Waals surface area contributed by atoms with Crippen LogP contribution >= 0.6 is 0 Å². The summed E-state index contributed by atoms with van der Waals surface area (Å²) in [6, 6.07) is 2.90. The summed E-state index contributed by atoms with van der Waals surface area (Å²) in [7, 11) is 1.25. The van der Waals surface area contributed by atoms with Gasteiger partial charge in [-0.1, -0.05) is 6.07 Å². The highest BCUT2D eigenvalue weighted by Crippen LogP contribution is 2.36. The van der Waals surface area contributed by atoms with Crippen LogP contribution in [0.15, 0.2) is 29.2 Å². The van der Waals surface area contributed by atoms with Crippen molar-refractivity contribution in [3.8, 4) is 5.75 Å². The average Bonchev–Trinajstić information content (AvgIpc) is 2.72. The second-order valence-electron chi connectivity index (χ2n) is 8.14. The van der Waals surface area contributed by atoms with Crippen LogP contribution in [0.2, 0.25) is 0 Å². The Hall–Kier alpha value is -3.27. The molecular weight excluding hydrogens is 424 g/mol. The van der Waals surface area contributed by atoms with E-state index in [1.165, 1.54) is 23.9 Å². The van der Waals surface area contributed by atoms with E-state index in [0.717, 1.165) is 6.07 Å². The molecule has 3 heterocycles. The van der Waals surface area contributed by atoms with Crippen molar-refractivity contribution < 1.29 is 27.8 Å². The molecule has 0 aliphatic carbocycles. The third kappa shape index (κ3) is 3.54. The van der Waals surface area contributed by atoms with Gasteiger partial charge in [0.15, 0.2) is 17.2 Å². The maximum atomic E-state index is 13.9. The number of nitrogens with one attached hydrogen (secondary N) is 1. The summed E-state index contributed by atoms with van der Waals surface area (Å²) >= 11 is 0. The second-order valence-corrected chi connectivity index (χ2v) is 8.14. The Morgan fingerprint density at radius 2 is 2.09 bits per heavy atom. The van der Waals surface area contributed by atoms with Crippen molar-refractivity contribution in [1.82, 2.24) is 14.8 Å². The Labute approximate surface area is 182 Å². The molecule has 2 aliphatic heterocycles. The van der Waals surface area contributed by atoms with Gasteiger partial charge in [-0.25, -0.2) is 8.78 Å². The molecule has 0 spiro atoms. The number of ether oxygens (including phenoxy) is 2. The molecular formula is C22H23F2N3O5. The summed E-state index contributed by atoms with van der Waals surface area (Å²) in [6.07, 6.45) is 1.95. The number of fused-ring (bicyclic) bond motifs is 2. The highest BCUT2D eigenvalue weighted by atomic mass is 19.1. The molecule has 32 heavy (non-hydrogen) atoms. The number of carbonyl (C=O) groups is 2. The van der Waals surface area contributed by atoms with Crippen molar-refractivity contribution in [2.45, 2.75) is 45.1 Å². The van der Waals surface area contributed by atoms with Crippen molar-refractivity contribution in [1.29, 1.82) is 0 Å². The van der Waals surface area contributed by atoms with Crippen LogP contribution in [-0.2, 0) is 17.8 Å². The molecule has 1 saturated heterocycles. The number of halogens is 2. The predicted octanol–water partition coefficient (Wildman–Crippen LogP) is 2.05. The summed E-state index contributed by atoms with van der Waals surface area (Å²) in [5.74, 6) is -2.98. The molecule has 1 aromatic carbocycles. The van der Waals surface area contributed by atoms with Crippen LogP contribution in [0.25, 0.3) is 0 Å². The van der Waals surface area contributed by atoms with E-state index in [1.807, 2.05) is 6.92 Å². The summed E-state index contributed by atoms with van der Waals surface area (Å²) in [6.45, 7) is 4.12. The number of rotatable bonds is 4. The SMILES string of the molecule is COc1c2n(cc(C(=O)NCc3ccc(F)cc3F)c1=O)CC1(C)OCCC(C)N1C2=O. The lowest BCUT2D eigenvalue weighted by Crippen LogP contribution is -2.64. The minimum Gasteiger partial charge on any atom is -0.491 e. The monoisotopic (exact) mass is 447 g/mol. The minimum atomic E-state index is -0.938. The molecule has 2 aromatic rings. The lowest BCUT2D eigenvalue weighted by molar-refractivity contribution is -0.185.